The number of aliphatic hydroxyl groups is 2. The summed E-state index contributed by atoms with van der Waals surface area (Å²) in [6, 6.07) is 26.9. The Hall–Kier alpha value is -5.20. The van der Waals surface area contributed by atoms with Crippen LogP contribution in [0.4, 0.5) is 9.18 Å². The minimum absolute atomic E-state index is 0.00389. The summed E-state index contributed by atoms with van der Waals surface area (Å²) in [6.45, 7) is 8.60. The highest BCUT2D eigenvalue weighted by molar-refractivity contribution is 6.18. The zero-order chi connectivity index (χ0) is 45.1. The molecule has 0 radical (unpaired) electrons. The van der Waals surface area contributed by atoms with E-state index in [1.807, 2.05) is 60.7 Å². The number of ether oxygens (including phenoxy) is 4. The Morgan fingerprint density at radius 3 is 2.39 bits per heavy atom. The number of alkyl halides is 1. The Kier molecular flexibility index (Phi) is 16.2. The van der Waals surface area contributed by atoms with Crippen molar-refractivity contribution in [1.82, 2.24) is 4.90 Å². The fraction of sp³-hybridized carbons (Fsp3) is 0.423. The van der Waals surface area contributed by atoms with Crippen molar-refractivity contribution in [1.29, 1.82) is 0 Å². The molecule has 340 valence electrons. The fourth-order valence-corrected chi connectivity index (χ4v) is 9.76. The third-order valence-electron chi connectivity index (χ3n) is 12.8. The number of halogens is 2. The summed E-state index contributed by atoms with van der Waals surface area (Å²) < 4.78 is 41.2. The number of aryl methyl sites for hydroxylation is 2. The SMILES string of the molecule is C=CCO[C@@]12Oc3ccc(Oc4ccc(C)c(C)c4)cc3[C@H]3[C@H](CCCCO)[C@@H](CCCCO)C=C(C(=NOCc4ccccc4)C[C@@H]1N(Cc1ccc(F)cc1)C(=O)OCCCl)[C@H]32. The maximum absolute atomic E-state index is 14.6. The van der Waals surface area contributed by atoms with Crippen LogP contribution in [0.15, 0.2) is 120 Å². The van der Waals surface area contributed by atoms with E-state index in [2.05, 4.69) is 32.6 Å². The number of aliphatic hydroxyl groups excluding tert-OH is 2. The van der Waals surface area contributed by atoms with Gasteiger partial charge in [-0.15, -0.1) is 18.2 Å². The van der Waals surface area contributed by atoms with E-state index in [0.717, 1.165) is 47.9 Å². The first-order valence-electron chi connectivity index (χ1n) is 22.4. The van der Waals surface area contributed by atoms with E-state index in [0.29, 0.717) is 41.4 Å². The Morgan fingerprint density at radius 1 is 0.938 bits per heavy atom. The molecule has 12 heteroatoms. The van der Waals surface area contributed by atoms with Gasteiger partial charge in [-0.05, 0) is 122 Å². The average molecular weight is 896 g/mol. The van der Waals surface area contributed by atoms with Gasteiger partial charge in [0.2, 0.25) is 5.79 Å². The van der Waals surface area contributed by atoms with Gasteiger partial charge in [0.25, 0.3) is 0 Å². The van der Waals surface area contributed by atoms with E-state index in [1.165, 1.54) is 17.7 Å². The Bertz CT molecular complexity index is 2250. The Balaban J connectivity index is 1.45. The molecule has 1 heterocycles. The summed E-state index contributed by atoms with van der Waals surface area (Å²) in [7, 11) is 0. The monoisotopic (exact) mass is 894 g/mol. The van der Waals surface area contributed by atoms with Gasteiger partial charge < -0.3 is 34.0 Å². The van der Waals surface area contributed by atoms with Crippen LogP contribution >= 0.6 is 11.6 Å². The van der Waals surface area contributed by atoms with Gasteiger partial charge in [-0.1, -0.05) is 78.7 Å². The van der Waals surface area contributed by atoms with Crippen LogP contribution in [0.3, 0.4) is 0 Å². The molecular weight excluding hydrogens is 835 g/mol. The van der Waals surface area contributed by atoms with Gasteiger partial charge in [-0.2, -0.15) is 0 Å². The number of oxime groups is 1. The quantitative estimate of drug-likeness (QED) is 0.0367. The van der Waals surface area contributed by atoms with Gasteiger partial charge in [0, 0.05) is 37.7 Å². The molecule has 1 saturated carbocycles. The highest BCUT2D eigenvalue weighted by Gasteiger charge is 2.65. The lowest BCUT2D eigenvalue weighted by Gasteiger charge is -2.59. The van der Waals surface area contributed by atoms with Crippen LogP contribution in [-0.4, -0.2) is 71.1 Å². The van der Waals surface area contributed by atoms with E-state index in [1.54, 1.807) is 23.1 Å². The Morgan fingerprint density at radius 2 is 1.67 bits per heavy atom. The number of carbonyl (C=O) groups is 1. The normalized spacial score (nSPS) is 22.7. The van der Waals surface area contributed by atoms with Crippen molar-refractivity contribution in [2.75, 3.05) is 32.3 Å². The molecule has 3 aliphatic rings. The van der Waals surface area contributed by atoms with Crippen LogP contribution in [-0.2, 0) is 27.5 Å². The first-order valence-corrected chi connectivity index (χ1v) is 23.0. The van der Waals surface area contributed by atoms with E-state index in [9.17, 15) is 19.4 Å². The molecule has 1 aliphatic heterocycles. The number of unbranched alkanes of at least 4 members (excludes halogenated alkanes) is 2. The number of benzene rings is 4. The lowest BCUT2D eigenvalue weighted by Crippen LogP contribution is -2.70. The molecule has 64 heavy (non-hydrogen) atoms. The third-order valence-corrected chi connectivity index (χ3v) is 12.9. The van der Waals surface area contributed by atoms with Crippen LogP contribution < -0.4 is 9.47 Å². The predicted molar refractivity (Wildman–Crippen MR) is 246 cm³/mol. The van der Waals surface area contributed by atoms with E-state index < -0.39 is 29.7 Å². The predicted octanol–water partition coefficient (Wildman–Crippen LogP) is 10.9. The molecule has 10 nitrogen and oxygen atoms in total. The standard InChI is InChI=1S/C52H60ClFN2O8/c1-4-27-61-52-48(56(51(59)60-28-24-53)33-37-17-19-40(54)20-18-37)32-46(55-62-34-38-12-6-5-7-13-38)44-30-39(14-8-10-25-57)43(15-9-11-26-58)49(50(44)52)45-31-42(22-23-47(45)64-52)63-41-21-16-35(2)36(3)29-41/h4-7,12-13,16-23,29-31,39,43,48-50,57-58H,1,8-11,14-15,24-28,32-34H2,2-3H3/t39-,43+,48-,49+,50+,52+/m0/s1. The third kappa shape index (κ3) is 10.7. The number of nitrogens with zero attached hydrogens (tertiary/aromatic N) is 2. The number of amides is 1. The first-order chi connectivity index (χ1) is 31.2. The summed E-state index contributed by atoms with van der Waals surface area (Å²) in [5, 5.41) is 24.9. The highest BCUT2D eigenvalue weighted by atomic mass is 35.5. The first kappa shape index (κ1) is 46.8. The van der Waals surface area contributed by atoms with Crippen LogP contribution in [0.5, 0.6) is 17.2 Å². The maximum atomic E-state index is 14.6. The van der Waals surface area contributed by atoms with Crippen molar-refractivity contribution >= 4 is 23.4 Å². The molecule has 4 aromatic rings. The summed E-state index contributed by atoms with van der Waals surface area (Å²) in [5.74, 6) is -0.701. The van der Waals surface area contributed by atoms with Crippen molar-refractivity contribution in [3.8, 4) is 17.2 Å². The fourth-order valence-electron chi connectivity index (χ4n) is 9.68. The second-order valence-corrected chi connectivity index (χ2v) is 17.3. The van der Waals surface area contributed by atoms with E-state index >= 15 is 0 Å². The van der Waals surface area contributed by atoms with Crippen molar-refractivity contribution < 1.29 is 43.2 Å². The molecule has 4 aromatic carbocycles. The largest absolute Gasteiger partial charge is 0.459 e. The number of hydrogen-bond acceptors (Lipinski definition) is 9. The number of allylic oxidation sites excluding steroid dienone is 1. The molecule has 0 aromatic heterocycles. The van der Waals surface area contributed by atoms with Gasteiger partial charge in [-0.3, -0.25) is 4.90 Å². The zero-order valence-electron chi connectivity index (χ0n) is 36.8. The summed E-state index contributed by atoms with van der Waals surface area (Å²) in [6.07, 6.45) is 7.91. The van der Waals surface area contributed by atoms with Crippen LogP contribution in [0, 0.1) is 37.4 Å². The molecular formula is C52H60ClFN2O8. The van der Waals surface area contributed by atoms with Crippen LogP contribution in [0.1, 0.15) is 78.7 Å². The number of carbonyl (C=O) groups excluding carboxylic acids is 1. The van der Waals surface area contributed by atoms with Gasteiger partial charge in [0.1, 0.15) is 42.3 Å². The van der Waals surface area contributed by atoms with E-state index in [-0.39, 0.29) is 69.6 Å². The second-order valence-electron chi connectivity index (χ2n) is 16.9. The number of hydrogen-bond donors (Lipinski definition) is 2. The zero-order valence-corrected chi connectivity index (χ0v) is 37.6. The molecule has 0 unspecified atom stereocenters. The van der Waals surface area contributed by atoms with Gasteiger partial charge in [-0.25, -0.2) is 9.18 Å². The smallest absolute Gasteiger partial charge is 0.410 e. The molecule has 6 atom stereocenters. The maximum Gasteiger partial charge on any atom is 0.410 e. The van der Waals surface area contributed by atoms with Crippen LogP contribution in [0.2, 0.25) is 0 Å². The van der Waals surface area contributed by atoms with Crippen LogP contribution in [0.25, 0.3) is 0 Å². The number of fused-ring (bicyclic) bond motifs is 2. The molecule has 0 saturated heterocycles. The van der Waals surface area contributed by atoms with Gasteiger partial charge in [0.05, 0.1) is 24.1 Å². The molecule has 1 fully saturated rings. The average Bonchev–Trinajstić information content (AvgIpc) is 3.30. The number of rotatable bonds is 21. The molecule has 1 amide bonds. The highest BCUT2D eigenvalue weighted by Crippen LogP contribution is 2.62. The molecule has 2 N–H and O–H groups in total. The summed E-state index contributed by atoms with van der Waals surface area (Å²) in [4.78, 5) is 22.4. The van der Waals surface area contributed by atoms with Crippen molar-refractivity contribution in [3.63, 3.8) is 0 Å². The second kappa shape index (κ2) is 22.1. The summed E-state index contributed by atoms with van der Waals surface area (Å²) >= 11 is 6.10. The molecule has 0 bridgehead atoms. The van der Waals surface area contributed by atoms with Crippen molar-refractivity contribution in [2.45, 2.75) is 89.7 Å². The van der Waals surface area contributed by atoms with Gasteiger partial charge >= 0.3 is 6.09 Å². The topological polar surface area (TPSA) is 119 Å². The minimum Gasteiger partial charge on any atom is -0.459 e. The Labute approximate surface area is 381 Å². The van der Waals surface area contributed by atoms with Gasteiger partial charge in [0.15, 0.2) is 0 Å². The summed E-state index contributed by atoms with van der Waals surface area (Å²) in [5.41, 5.74) is 6.35. The molecule has 2 aliphatic carbocycles. The lowest BCUT2D eigenvalue weighted by atomic mass is 9.55. The van der Waals surface area contributed by atoms with Crippen molar-refractivity contribution in [2.24, 2.45) is 22.9 Å². The van der Waals surface area contributed by atoms with Crippen molar-refractivity contribution in [3.05, 3.63) is 149 Å². The van der Waals surface area contributed by atoms with E-state index in [4.69, 9.17) is 40.5 Å². The lowest BCUT2D eigenvalue weighted by molar-refractivity contribution is -0.256. The molecule has 0 spiro atoms. The minimum atomic E-state index is -1.53. The molecule has 7 rings (SSSR count).